The number of hydrogen-bond acceptors (Lipinski definition) is 7. The zero-order valence-electron chi connectivity index (χ0n) is 27.5. The highest BCUT2D eigenvalue weighted by Gasteiger charge is 2.35. The van der Waals surface area contributed by atoms with Gasteiger partial charge in [0, 0.05) is 18.7 Å². The highest BCUT2D eigenvalue weighted by molar-refractivity contribution is 9.10. The standard InChI is InChI=1S/C38H36BrN3O5S/c1-6-41(7-2)37(44)33-23(3)40-38-42(34(33)28-17-10-11-18-30(28)45-4)36(43)32(48-38)21-24-19-29(39)35(31(20-24)46-5)47-22-26-15-12-14-25-13-8-9-16-27(25)26/h8-21,34H,6-7,22H2,1-5H3/b32-21+/t34-/m0/s1. The summed E-state index contributed by atoms with van der Waals surface area (Å²) in [5.41, 5.74) is 3.30. The summed E-state index contributed by atoms with van der Waals surface area (Å²) in [5, 5.41) is 2.28. The van der Waals surface area contributed by atoms with Crippen molar-refractivity contribution < 1.29 is 19.0 Å². The van der Waals surface area contributed by atoms with Crippen molar-refractivity contribution in [1.29, 1.82) is 0 Å². The smallest absolute Gasteiger partial charge is 0.271 e. The normalized spacial score (nSPS) is 14.5. The summed E-state index contributed by atoms with van der Waals surface area (Å²) < 4.78 is 20.6. The van der Waals surface area contributed by atoms with Crippen molar-refractivity contribution in [3.05, 3.63) is 131 Å². The highest BCUT2D eigenvalue weighted by Crippen LogP contribution is 2.38. The molecule has 1 aromatic heterocycles. The van der Waals surface area contributed by atoms with Crippen LogP contribution in [0.5, 0.6) is 17.2 Å². The molecular weight excluding hydrogens is 690 g/mol. The molecule has 0 fully saturated rings. The molecule has 6 rings (SSSR count). The lowest BCUT2D eigenvalue weighted by Crippen LogP contribution is -2.43. The Hall–Kier alpha value is -4.67. The molecule has 48 heavy (non-hydrogen) atoms. The third-order valence-corrected chi connectivity index (χ3v) is 10.1. The van der Waals surface area contributed by atoms with Gasteiger partial charge in [-0.15, -0.1) is 0 Å². The summed E-state index contributed by atoms with van der Waals surface area (Å²) in [6, 6.07) is 24.9. The van der Waals surface area contributed by atoms with Gasteiger partial charge >= 0.3 is 0 Å². The third kappa shape index (κ3) is 6.18. The second kappa shape index (κ2) is 14.2. The summed E-state index contributed by atoms with van der Waals surface area (Å²) in [5.74, 6) is 1.53. The summed E-state index contributed by atoms with van der Waals surface area (Å²) in [6.07, 6.45) is 1.82. The van der Waals surface area contributed by atoms with Gasteiger partial charge in [0.2, 0.25) is 0 Å². The van der Waals surface area contributed by atoms with Gasteiger partial charge in [-0.3, -0.25) is 14.2 Å². The number of amides is 1. The monoisotopic (exact) mass is 725 g/mol. The fourth-order valence-electron chi connectivity index (χ4n) is 6.15. The molecule has 246 valence electrons. The highest BCUT2D eigenvalue weighted by atomic mass is 79.9. The predicted octanol–water partition coefficient (Wildman–Crippen LogP) is 6.62. The lowest BCUT2D eigenvalue weighted by atomic mass is 9.94. The van der Waals surface area contributed by atoms with Crippen molar-refractivity contribution in [3.63, 3.8) is 0 Å². The van der Waals surface area contributed by atoms with Crippen LogP contribution in [-0.2, 0) is 11.4 Å². The van der Waals surface area contributed by atoms with Gasteiger partial charge in [0.05, 0.1) is 34.5 Å². The number of carbonyl (C=O) groups is 1. The lowest BCUT2D eigenvalue weighted by molar-refractivity contribution is -0.127. The molecule has 1 aliphatic rings. The van der Waals surface area contributed by atoms with Crippen LogP contribution >= 0.6 is 27.3 Å². The Labute approximate surface area is 291 Å². The molecule has 0 saturated carbocycles. The SMILES string of the molecule is CCN(CC)C(=O)C1=C(C)N=c2s/c(=C/c3cc(Br)c(OCc4cccc5ccccc45)c(OC)c3)c(=O)n2[C@H]1c1ccccc1OC. The van der Waals surface area contributed by atoms with Crippen LogP contribution in [-0.4, -0.2) is 42.7 Å². The van der Waals surface area contributed by atoms with E-state index >= 15 is 0 Å². The predicted molar refractivity (Wildman–Crippen MR) is 194 cm³/mol. The number of hydrogen-bond donors (Lipinski definition) is 0. The van der Waals surface area contributed by atoms with Crippen LogP contribution in [0.15, 0.2) is 104 Å². The van der Waals surface area contributed by atoms with Crippen LogP contribution in [0.4, 0.5) is 0 Å². The first-order valence-corrected chi connectivity index (χ1v) is 17.3. The van der Waals surface area contributed by atoms with Crippen LogP contribution in [0.1, 0.15) is 43.5 Å². The van der Waals surface area contributed by atoms with Crippen molar-refractivity contribution in [2.24, 2.45) is 4.99 Å². The van der Waals surface area contributed by atoms with Crippen molar-refractivity contribution in [2.75, 3.05) is 27.3 Å². The van der Waals surface area contributed by atoms with Crippen LogP contribution in [0, 0.1) is 0 Å². The molecule has 0 unspecified atom stereocenters. The van der Waals surface area contributed by atoms with Gasteiger partial charge in [-0.1, -0.05) is 72.0 Å². The van der Waals surface area contributed by atoms with E-state index in [1.54, 1.807) is 23.7 Å². The van der Waals surface area contributed by atoms with Crippen molar-refractivity contribution in [2.45, 2.75) is 33.4 Å². The summed E-state index contributed by atoms with van der Waals surface area (Å²) in [6.45, 7) is 7.13. The quantitative estimate of drug-likeness (QED) is 0.162. The first-order valence-electron chi connectivity index (χ1n) is 15.7. The number of methoxy groups -OCH3 is 2. The minimum atomic E-state index is -0.709. The molecule has 10 heteroatoms. The van der Waals surface area contributed by atoms with E-state index in [4.69, 9.17) is 19.2 Å². The molecule has 1 aliphatic heterocycles. The average molecular weight is 727 g/mol. The number of benzene rings is 4. The van der Waals surface area contributed by atoms with E-state index < -0.39 is 6.04 Å². The van der Waals surface area contributed by atoms with E-state index in [-0.39, 0.29) is 11.5 Å². The van der Waals surface area contributed by atoms with Crippen molar-refractivity contribution in [1.82, 2.24) is 9.47 Å². The summed E-state index contributed by atoms with van der Waals surface area (Å²) >= 11 is 4.96. The molecule has 8 nitrogen and oxygen atoms in total. The second-order valence-electron chi connectivity index (χ2n) is 11.3. The second-order valence-corrected chi connectivity index (χ2v) is 13.1. The minimum absolute atomic E-state index is 0.154. The number of carbonyl (C=O) groups excluding carboxylic acids is 1. The van der Waals surface area contributed by atoms with Gasteiger partial charge in [0.1, 0.15) is 18.4 Å². The molecule has 0 spiro atoms. The summed E-state index contributed by atoms with van der Waals surface area (Å²) in [7, 11) is 3.18. The Morgan fingerprint density at radius 1 is 0.979 bits per heavy atom. The number of likely N-dealkylation sites (N-methyl/N-ethyl adjacent to an activating group) is 1. The Balaban J connectivity index is 1.42. The number of nitrogens with zero attached hydrogens (tertiary/aromatic N) is 3. The van der Waals surface area contributed by atoms with E-state index in [0.717, 1.165) is 27.5 Å². The van der Waals surface area contributed by atoms with Gasteiger partial charge in [0.15, 0.2) is 16.3 Å². The van der Waals surface area contributed by atoms with E-state index in [1.165, 1.54) is 11.3 Å². The van der Waals surface area contributed by atoms with Crippen LogP contribution in [0.2, 0.25) is 0 Å². The minimum Gasteiger partial charge on any atom is -0.496 e. The topological polar surface area (TPSA) is 82.4 Å². The number of ether oxygens (including phenoxy) is 3. The molecule has 0 saturated heterocycles. The number of fused-ring (bicyclic) bond motifs is 2. The van der Waals surface area contributed by atoms with E-state index in [1.807, 2.05) is 81.4 Å². The van der Waals surface area contributed by atoms with Crippen molar-refractivity contribution in [3.8, 4) is 17.2 Å². The third-order valence-electron chi connectivity index (χ3n) is 8.54. The molecule has 2 heterocycles. The zero-order chi connectivity index (χ0) is 33.9. The van der Waals surface area contributed by atoms with Gasteiger partial charge in [0.25, 0.3) is 11.5 Å². The van der Waals surface area contributed by atoms with E-state index in [9.17, 15) is 9.59 Å². The largest absolute Gasteiger partial charge is 0.496 e. The Morgan fingerprint density at radius 2 is 1.69 bits per heavy atom. The molecule has 0 aliphatic carbocycles. The van der Waals surface area contributed by atoms with Gasteiger partial charge in [-0.05, 0) is 82.9 Å². The van der Waals surface area contributed by atoms with Gasteiger partial charge in [-0.2, -0.15) is 0 Å². The molecule has 4 aromatic carbocycles. The maximum absolute atomic E-state index is 14.3. The maximum atomic E-state index is 14.3. The molecular formula is C38H36BrN3O5S. The Morgan fingerprint density at radius 3 is 2.44 bits per heavy atom. The molecule has 1 atom stereocenters. The fraction of sp³-hybridized carbons (Fsp3) is 0.237. The lowest BCUT2D eigenvalue weighted by Gasteiger charge is -2.29. The number of halogens is 1. The molecule has 0 bridgehead atoms. The van der Waals surface area contributed by atoms with E-state index in [2.05, 4.69) is 40.2 Å². The first kappa shape index (κ1) is 33.2. The molecule has 0 radical (unpaired) electrons. The van der Waals surface area contributed by atoms with Crippen LogP contribution in [0.3, 0.4) is 0 Å². The van der Waals surface area contributed by atoms with Crippen molar-refractivity contribution >= 4 is 50.0 Å². The van der Waals surface area contributed by atoms with Crippen LogP contribution < -0.4 is 29.1 Å². The number of para-hydroxylation sites is 1. The first-order chi connectivity index (χ1) is 23.3. The van der Waals surface area contributed by atoms with Gasteiger partial charge in [-0.25, -0.2) is 4.99 Å². The summed E-state index contributed by atoms with van der Waals surface area (Å²) in [4.78, 5) is 35.3. The number of rotatable bonds is 10. The number of allylic oxidation sites excluding steroid dienone is 1. The van der Waals surface area contributed by atoms with E-state index in [0.29, 0.717) is 62.0 Å². The van der Waals surface area contributed by atoms with Gasteiger partial charge < -0.3 is 19.1 Å². The zero-order valence-corrected chi connectivity index (χ0v) is 29.9. The molecule has 5 aromatic rings. The molecule has 0 N–H and O–H groups in total. The number of thiazole rings is 1. The Kier molecular flexibility index (Phi) is 9.84. The fourth-order valence-corrected chi connectivity index (χ4v) is 7.77. The number of aromatic nitrogens is 1. The van der Waals surface area contributed by atoms with Crippen LogP contribution in [0.25, 0.3) is 16.8 Å². The maximum Gasteiger partial charge on any atom is 0.271 e. The Bertz CT molecular complexity index is 2230. The molecule has 1 amide bonds. The average Bonchev–Trinajstić information content (AvgIpc) is 3.40.